The van der Waals surface area contributed by atoms with E-state index in [2.05, 4.69) is 0 Å². The molecule has 0 radical (unpaired) electrons. The fourth-order valence-electron chi connectivity index (χ4n) is 1.48. The minimum absolute atomic E-state index is 0.0286. The van der Waals surface area contributed by atoms with Crippen LogP contribution in [0.2, 0.25) is 0 Å². The third kappa shape index (κ3) is 3.28. The molecule has 0 aliphatic carbocycles. The van der Waals surface area contributed by atoms with Crippen molar-refractivity contribution in [2.45, 2.75) is 24.8 Å². The van der Waals surface area contributed by atoms with Crippen LogP contribution in [0.15, 0.2) is 23.1 Å². The van der Waals surface area contributed by atoms with Gasteiger partial charge in [0.2, 0.25) is 0 Å². The average molecular weight is 258 g/mol. The largest absolute Gasteiger partial charge is 0.478 e. The maximum Gasteiger partial charge on any atom is 0.335 e. The maximum atomic E-state index is 11.8. The fraction of sp³-hybridized carbons (Fsp3) is 0.364. The van der Waals surface area contributed by atoms with Crippen LogP contribution in [0.3, 0.4) is 0 Å². The molecule has 5 nitrogen and oxygen atoms in total. The summed E-state index contributed by atoms with van der Waals surface area (Å²) in [5, 5.41) is 17.9. The van der Waals surface area contributed by atoms with Crippen LogP contribution in [0, 0.1) is 6.92 Å². The summed E-state index contributed by atoms with van der Waals surface area (Å²) in [6, 6.07) is 3.81. The molecule has 0 fully saturated rings. The van der Waals surface area contributed by atoms with Crippen LogP contribution in [-0.4, -0.2) is 36.5 Å². The predicted molar refractivity (Wildman–Crippen MR) is 61.9 cm³/mol. The first-order valence-corrected chi connectivity index (χ1v) is 6.64. The Balaban J connectivity index is 3.18. The average Bonchev–Trinajstić information content (AvgIpc) is 2.14. The third-order valence-corrected chi connectivity index (χ3v) is 4.14. The number of aromatic carboxylic acids is 1. The molecule has 1 unspecified atom stereocenters. The molecule has 94 valence electrons. The van der Waals surface area contributed by atoms with Crippen LogP contribution >= 0.6 is 0 Å². The summed E-state index contributed by atoms with van der Waals surface area (Å²) in [6.07, 6.45) is -0.959. The van der Waals surface area contributed by atoms with E-state index in [0.717, 1.165) is 0 Å². The molecule has 0 saturated carbocycles. The molecular formula is C11H14O5S. The molecule has 0 aromatic heterocycles. The van der Waals surface area contributed by atoms with Crippen molar-refractivity contribution in [3.8, 4) is 0 Å². The highest BCUT2D eigenvalue weighted by molar-refractivity contribution is 7.91. The summed E-state index contributed by atoms with van der Waals surface area (Å²) in [4.78, 5) is 10.8. The SMILES string of the molecule is Cc1cc(S(=O)(=O)CC(C)O)ccc1C(=O)O. The van der Waals surface area contributed by atoms with Gasteiger partial charge in [-0.25, -0.2) is 13.2 Å². The lowest BCUT2D eigenvalue weighted by molar-refractivity contribution is 0.0696. The zero-order chi connectivity index (χ0) is 13.2. The van der Waals surface area contributed by atoms with Crippen LogP contribution in [0.1, 0.15) is 22.8 Å². The van der Waals surface area contributed by atoms with Gasteiger partial charge in [-0.15, -0.1) is 0 Å². The number of benzene rings is 1. The third-order valence-electron chi connectivity index (χ3n) is 2.25. The second-order valence-electron chi connectivity index (χ2n) is 3.91. The lowest BCUT2D eigenvalue weighted by atomic mass is 10.1. The molecule has 0 spiro atoms. The van der Waals surface area contributed by atoms with Gasteiger partial charge >= 0.3 is 5.97 Å². The quantitative estimate of drug-likeness (QED) is 0.835. The molecule has 1 atom stereocenters. The van der Waals surface area contributed by atoms with E-state index in [1.54, 1.807) is 0 Å². The molecular weight excluding hydrogens is 244 g/mol. The molecule has 1 aromatic carbocycles. The Hall–Kier alpha value is -1.40. The summed E-state index contributed by atoms with van der Waals surface area (Å²) in [6.45, 7) is 2.92. The number of aliphatic hydroxyl groups excluding tert-OH is 1. The number of carboxylic acid groups (broad SMARTS) is 1. The summed E-state index contributed by atoms with van der Waals surface area (Å²) in [5.74, 6) is -1.47. The zero-order valence-corrected chi connectivity index (χ0v) is 10.4. The molecule has 1 rings (SSSR count). The molecule has 1 aromatic rings. The van der Waals surface area contributed by atoms with Gasteiger partial charge in [0.1, 0.15) is 0 Å². The van der Waals surface area contributed by atoms with Crippen molar-refractivity contribution >= 4 is 15.8 Å². The van der Waals surface area contributed by atoms with Crippen LogP contribution in [0.5, 0.6) is 0 Å². The van der Waals surface area contributed by atoms with Crippen molar-refractivity contribution in [3.05, 3.63) is 29.3 Å². The van der Waals surface area contributed by atoms with E-state index in [1.807, 2.05) is 0 Å². The highest BCUT2D eigenvalue weighted by Gasteiger charge is 2.19. The highest BCUT2D eigenvalue weighted by atomic mass is 32.2. The van der Waals surface area contributed by atoms with E-state index < -0.39 is 21.9 Å². The van der Waals surface area contributed by atoms with E-state index in [1.165, 1.54) is 32.0 Å². The first kappa shape index (κ1) is 13.7. The second kappa shape index (κ2) is 4.85. The number of rotatable bonds is 4. The smallest absolute Gasteiger partial charge is 0.335 e. The monoisotopic (exact) mass is 258 g/mol. The van der Waals surface area contributed by atoms with Crippen molar-refractivity contribution in [2.75, 3.05) is 5.75 Å². The van der Waals surface area contributed by atoms with Crippen molar-refractivity contribution in [1.82, 2.24) is 0 Å². The number of hydrogen-bond acceptors (Lipinski definition) is 4. The normalized spacial score (nSPS) is 13.4. The number of sulfone groups is 1. The minimum Gasteiger partial charge on any atom is -0.478 e. The van der Waals surface area contributed by atoms with Crippen molar-refractivity contribution in [1.29, 1.82) is 0 Å². The van der Waals surface area contributed by atoms with Gasteiger partial charge in [-0.1, -0.05) is 0 Å². The molecule has 6 heteroatoms. The lowest BCUT2D eigenvalue weighted by Crippen LogP contribution is -2.18. The van der Waals surface area contributed by atoms with E-state index in [4.69, 9.17) is 10.2 Å². The van der Waals surface area contributed by atoms with E-state index in [0.29, 0.717) is 5.56 Å². The van der Waals surface area contributed by atoms with Crippen LogP contribution in [-0.2, 0) is 9.84 Å². The minimum atomic E-state index is -3.57. The van der Waals surface area contributed by atoms with E-state index in [9.17, 15) is 13.2 Å². The fourth-order valence-corrected chi connectivity index (χ4v) is 2.94. The Morgan fingerprint density at radius 2 is 2.00 bits per heavy atom. The molecule has 0 bridgehead atoms. The Morgan fingerprint density at radius 1 is 1.41 bits per heavy atom. The summed E-state index contributed by atoms with van der Waals surface area (Å²) < 4.78 is 23.5. The molecule has 17 heavy (non-hydrogen) atoms. The summed E-state index contributed by atoms with van der Waals surface area (Å²) in [5.41, 5.74) is 0.449. The Labute approximate surface area is 99.6 Å². The number of aryl methyl sites for hydroxylation is 1. The standard InChI is InChI=1S/C11H14O5S/c1-7-5-9(3-4-10(7)11(13)14)17(15,16)6-8(2)12/h3-5,8,12H,6H2,1-2H3,(H,13,14). The first-order chi connectivity index (χ1) is 7.74. The van der Waals surface area contributed by atoms with Crippen LogP contribution in [0.4, 0.5) is 0 Å². The van der Waals surface area contributed by atoms with Gasteiger partial charge in [0, 0.05) is 0 Å². The molecule has 0 heterocycles. The highest BCUT2D eigenvalue weighted by Crippen LogP contribution is 2.17. The predicted octanol–water partition coefficient (Wildman–Crippen LogP) is 0.848. The van der Waals surface area contributed by atoms with Gasteiger partial charge in [0.05, 0.1) is 22.3 Å². The van der Waals surface area contributed by atoms with Crippen LogP contribution in [0.25, 0.3) is 0 Å². The Morgan fingerprint density at radius 3 is 2.41 bits per heavy atom. The Kier molecular flexibility index (Phi) is 3.90. The summed E-state index contributed by atoms with van der Waals surface area (Å²) in [7, 11) is -3.57. The number of hydrogen-bond donors (Lipinski definition) is 2. The lowest BCUT2D eigenvalue weighted by Gasteiger charge is -2.08. The van der Waals surface area contributed by atoms with Crippen molar-refractivity contribution in [3.63, 3.8) is 0 Å². The van der Waals surface area contributed by atoms with E-state index >= 15 is 0 Å². The zero-order valence-electron chi connectivity index (χ0n) is 9.54. The van der Waals surface area contributed by atoms with Crippen molar-refractivity contribution in [2.24, 2.45) is 0 Å². The molecule has 2 N–H and O–H groups in total. The topological polar surface area (TPSA) is 91.7 Å². The maximum absolute atomic E-state index is 11.8. The van der Waals surface area contributed by atoms with Gasteiger partial charge in [-0.05, 0) is 37.6 Å². The number of carboxylic acids is 1. The number of aliphatic hydroxyl groups is 1. The Bertz CT molecular complexity index is 531. The molecule has 0 amide bonds. The van der Waals surface area contributed by atoms with E-state index in [-0.39, 0.29) is 16.2 Å². The van der Waals surface area contributed by atoms with Gasteiger partial charge in [0.15, 0.2) is 9.84 Å². The van der Waals surface area contributed by atoms with Gasteiger partial charge in [0.25, 0.3) is 0 Å². The molecule has 0 saturated heterocycles. The summed E-state index contributed by atoms with van der Waals surface area (Å²) >= 11 is 0. The van der Waals surface area contributed by atoms with Crippen LogP contribution < -0.4 is 0 Å². The van der Waals surface area contributed by atoms with Gasteiger partial charge in [-0.3, -0.25) is 0 Å². The molecule has 0 aliphatic rings. The van der Waals surface area contributed by atoms with Crippen molar-refractivity contribution < 1.29 is 23.4 Å². The van der Waals surface area contributed by atoms with Gasteiger partial charge in [-0.2, -0.15) is 0 Å². The second-order valence-corrected chi connectivity index (χ2v) is 5.95. The number of carbonyl (C=O) groups is 1. The first-order valence-electron chi connectivity index (χ1n) is 4.99. The molecule has 0 aliphatic heterocycles. The van der Waals surface area contributed by atoms with Gasteiger partial charge < -0.3 is 10.2 Å².